The molecule has 1 saturated heterocycles. The van der Waals surface area contributed by atoms with Crippen molar-refractivity contribution in [1.29, 1.82) is 0 Å². The summed E-state index contributed by atoms with van der Waals surface area (Å²) in [5.41, 5.74) is 0.790. The average Bonchev–Trinajstić information content (AvgIpc) is 3.16. The van der Waals surface area contributed by atoms with Crippen molar-refractivity contribution in [2.45, 2.75) is 11.3 Å². The Hall–Kier alpha value is -2.49. The zero-order chi connectivity index (χ0) is 20.3. The quantitative estimate of drug-likeness (QED) is 0.594. The van der Waals surface area contributed by atoms with Crippen molar-refractivity contribution >= 4 is 26.8 Å². The van der Waals surface area contributed by atoms with Gasteiger partial charge in [-0.25, -0.2) is 17.5 Å². The zero-order valence-electron chi connectivity index (χ0n) is 15.9. The van der Waals surface area contributed by atoms with Gasteiger partial charge in [-0.05, 0) is 49.4 Å². The first-order valence-corrected chi connectivity index (χ1v) is 11.1. The van der Waals surface area contributed by atoms with Crippen LogP contribution in [0.4, 0.5) is 10.2 Å². The molecule has 0 unspecified atom stereocenters. The first kappa shape index (κ1) is 19.8. The van der Waals surface area contributed by atoms with E-state index in [1.54, 1.807) is 0 Å². The summed E-state index contributed by atoms with van der Waals surface area (Å²) in [6.45, 7) is 4.60. The van der Waals surface area contributed by atoms with Gasteiger partial charge in [0, 0.05) is 32.7 Å². The number of piperazine rings is 1. The number of aromatic nitrogens is 1. The van der Waals surface area contributed by atoms with Crippen LogP contribution < -0.4 is 9.62 Å². The summed E-state index contributed by atoms with van der Waals surface area (Å²) in [5, 5.41) is 5.24. The number of hydrogen-bond acceptors (Lipinski definition) is 6. The summed E-state index contributed by atoms with van der Waals surface area (Å²) in [5.74, 6) is 0.425. The fraction of sp³-hybridized carbons (Fsp3) is 0.350. The van der Waals surface area contributed by atoms with Crippen LogP contribution in [0.3, 0.4) is 0 Å². The number of hydrogen-bond donors (Lipinski definition) is 1. The lowest BCUT2D eigenvalue weighted by molar-refractivity contribution is 0.254. The van der Waals surface area contributed by atoms with E-state index in [2.05, 4.69) is 19.7 Å². The van der Waals surface area contributed by atoms with E-state index >= 15 is 0 Å². The monoisotopic (exact) mass is 418 g/mol. The predicted molar refractivity (Wildman–Crippen MR) is 109 cm³/mol. The van der Waals surface area contributed by atoms with E-state index in [1.807, 2.05) is 24.3 Å². The molecule has 0 saturated carbocycles. The van der Waals surface area contributed by atoms with Crippen molar-refractivity contribution in [2.24, 2.45) is 0 Å². The van der Waals surface area contributed by atoms with E-state index in [0.717, 1.165) is 61.6 Å². The fourth-order valence-electron chi connectivity index (χ4n) is 3.49. The van der Waals surface area contributed by atoms with E-state index in [0.29, 0.717) is 13.0 Å². The van der Waals surface area contributed by atoms with E-state index < -0.39 is 15.8 Å². The lowest BCUT2D eigenvalue weighted by Gasteiger charge is -2.34. The van der Waals surface area contributed by atoms with Gasteiger partial charge in [0.25, 0.3) is 0 Å². The van der Waals surface area contributed by atoms with Crippen LogP contribution in [0.1, 0.15) is 6.42 Å². The Labute approximate surface area is 169 Å². The van der Waals surface area contributed by atoms with Crippen LogP contribution in [0.2, 0.25) is 0 Å². The number of anilines is 1. The number of sulfonamides is 1. The van der Waals surface area contributed by atoms with Crippen LogP contribution in [-0.4, -0.2) is 57.7 Å². The maximum absolute atomic E-state index is 12.9. The summed E-state index contributed by atoms with van der Waals surface area (Å²) >= 11 is 0. The molecule has 7 nitrogen and oxygen atoms in total. The van der Waals surface area contributed by atoms with Gasteiger partial charge in [0.05, 0.1) is 10.3 Å². The molecule has 4 rings (SSSR count). The third-order valence-corrected chi connectivity index (χ3v) is 6.57. The van der Waals surface area contributed by atoms with E-state index in [9.17, 15) is 12.8 Å². The Morgan fingerprint density at radius 2 is 1.76 bits per heavy atom. The van der Waals surface area contributed by atoms with Gasteiger partial charge in [-0.3, -0.25) is 4.90 Å². The first-order valence-electron chi connectivity index (χ1n) is 9.60. The van der Waals surface area contributed by atoms with Crippen LogP contribution in [-0.2, 0) is 10.0 Å². The number of benzene rings is 2. The van der Waals surface area contributed by atoms with Crippen molar-refractivity contribution < 1.29 is 17.3 Å². The number of halogens is 1. The van der Waals surface area contributed by atoms with Crippen molar-refractivity contribution in [1.82, 2.24) is 14.8 Å². The van der Waals surface area contributed by atoms with E-state index in [4.69, 9.17) is 4.52 Å². The second-order valence-electron chi connectivity index (χ2n) is 7.04. The molecule has 1 aliphatic heterocycles. The van der Waals surface area contributed by atoms with E-state index in [1.165, 1.54) is 12.1 Å². The van der Waals surface area contributed by atoms with E-state index in [-0.39, 0.29) is 4.90 Å². The molecular formula is C20H23FN4O3S. The number of fused-ring (bicyclic) bond motifs is 1. The molecule has 1 fully saturated rings. The SMILES string of the molecule is O=S(=O)(NCCCN1CCN(c2noc3ccccc23)CC1)c1ccc(F)cc1. The number of nitrogens with one attached hydrogen (secondary N) is 1. The smallest absolute Gasteiger partial charge is 0.240 e. The molecule has 3 aromatic rings. The minimum atomic E-state index is -3.60. The number of rotatable bonds is 7. The van der Waals surface area contributed by atoms with Crippen molar-refractivity contribution in [3.05, 3.63) is 54.3 Å². The van der Waals surface area contributed by atoms with Crippen LogP contribution in [0.5, 0.6) is 0 Å². The lowest BCUT2D eigenvalue weighted by atomic mass is 10.2. The van der Waals surface area contributed by atoms with Crippen LogP contribution in [0.25, 0.3) is 11.0 Å². The largest absolute Gasteiger partial charge is 0.354 e. The minimum Gasteiger partial charge on any atom is -0.354 e. The number of nitrogens with zero attached hydrogens (tertiary/aromatic N) is 3. The van der Waals surface area contributed by atoms with Crippen molar-refractivity contribution in [3.8, 4) is 0 Å². The summed E-state index contributed by atoms with van der Waals surface area (Å²) in [7, 11) is -3.60. The summed E-state index contributed by atoms with van der Waals surface area (Å²) in [6.07, 6.45) is 0.702. The Bertz CT molecular complexity index is 1060. The standard InChI is InChI=1S/C20H23FN4O3S/c21-16-6-8-17(9-7-16)29(26,27)22-10-3-11-24-12-14-25(15-13-24)20-18-4-1-2-5-19(18)28-23-20/h1-2,4-9,22H,3,10-15H2. The fourth-order valence-corrected chi connectivity index (χ4v) is 4.56. The Kier molecular flexibility index (Phi) is 5.79. The van der Waals surface area contributed by atoms with Gasteiger partial charge in [0.15, 0.2) is 11.4 Å². The molecule has 1 N–H and O–H groups in total. The molecule has 0 bridgehead atoms. The van der Waals surface area contributed by atoms with Crippen LogP contribution in [0.15, 0.2) is 57.9 Å². The maximum Gasteiger partial charge on any atom is 0.240 e. The molecule has 2 aromatic carbocycles. The second kappa shape index (κ2) is 8.48. The molecule has 2 heterocycles. The second-order valence-corrected chi connectivity index (χ2v) is 8.80. The number of para-hydroxylation sites is 1. The highest BCUT2D eigenvalue weighted by atomic mass is 32.2. The van der Waals surface area contributed by atoms with Crippen molar-refractivity contribution in [3.63, 3.8) is 0 Å². The highest BCUT2D eigenvalue weighted by Crippen LogP contribution is 2.26. The van der Waals surface area contributed by atoms with Gasteiger partial charge >= 0.3 is 0 Å². The minimum absolute atomic E-state index is 0.0763. The zero-order valence-corrected chi connectivity index (χ0v) is 16.7. The Morgan fingerprint density at radius 3 is 2.52 bits per heavy atom. The van der Waals surface area contributed by atoms with Gasteiger partial charge in [-0.15, -0.1) is 0 Å². The highest BCUT2D eigenvalue weighted by molar-refractivity contribution is 7.89. The molecule has 1 aliphatic rings. The highest BCUT2D eigenvalue weighted by Gasteiger charge is 2.21. The lowest BCUT2D eigenvalue weighted by Crippen LogP contribution is -2.47. The predicted octanol–water partition coefficient (Wildman–Crippen LogP) is 2.46. The maximum atomic E-state index is 12.9. The molecular weight excluding hydrogens is 395 g/mol. The molecule has 0 spiro atoms. The molecule has 0 amide bonds. The van der Waals surface area contributed by atoms with Gasteiger partial charge in [-0.2, -0.15) is 0 Å². The third kappa shape index (κ3) is 4.58. The van der Waals surface area contributed by atoms with Gasteiger partial charge in [0.1, 0.15) is 5.82 Å². The van der Waals surface area contributed by atoms with Crippen LogP contribution in [0, 0.1) is 5.82 Å². The van der Waals surface area contributed by atoms with Gasteiger partial charge < -0.3 is 9.42 Å². The molecule has 0 aliphatic carbocycles. The Balaban J connectivity index is 1.23. The molecule has 29 heavy (non-hydrogen) atoms. The van der Waals surface area contributed by atoms with Gasteiger partial charge in [0.2, 0.25) is 10.0 Å². The molecule has 154 valence electrons. The van der Waals surface area contributed by atoms with Crippen molar-refractivity contribution in [2.75, 3.05) is 44.2 Å². The summed E-state index contributed by atoms with van der Waals surface area (Å²) in [6, 6.07) is 12.7. The molecule has 0 atom stereocenters. The topological polar surface area (TPSA) is 78.7 Å². The average molecular weight is 418 g/mol. The normalized spacial score (nSPS) is 15.8. The first-order chi connectivity index (χ1) is 14.0. The van der Waals surface area contributed by atoms with Gasteiger partial charge in [-0.1, -0.05) is 17.3 Å². The summed E-state index contributed by atoms with van der Waals surface area (Å²) < 4.78 is 45.3. The molecule has 9 heteroatoms. The molecule has 0 radical (unpaired) electrons. The summed E-state index contributed by atoms with van der Waals surface area (Å²) in [4.78, 5) is 4.61. The molecule has 1 aromatic heterocycles. The Morgan fingerprint density at radius 1 is 1.03 bits per heavy atom. The van der Waals surface area contributed by atoms with Crippen LogP contribution >= 0.6 is 0 Å². The third-order valence-electron chi connectivity index (χ3n) is 5.10.